The third kappa shape index (κ3) is 4.23. The number of anilines is 1. The van der Waals surface area contributed by atoms with Crippen molar-refractivity contribution >= 4 is 15.5 Å². The van der Waals surface area contributed by atoms with Gasteiger partial charge in [0.1, 0.15) is 0 Å². The average Bonchev–Trinajstić information content (AvgIpc) is 2.39. The molecule has 1 aliphatic carbocycles. The lowest BCUT2D eigenvalue weighted by Gasteiger charge is -2.22. The van der Waals surface area contributed by atoms with Gasteiger partial charge in [-0.1, -0.05) is 31.4 Å². The summed E-state index contributed by atoms with van der Waals surface area (Å²) in [5.41, 5.74) is 1.89. The van der Waals surface area contributed by atoms with Gasteiger partial charge in [0.25, 0.3) is 0 Å². The fourth-order valence-electron chi connectivity index (χ4n) is 2.86. The molecule has 4 heteroatoms. The van der Waals surface area contributed by atoms with E-state index in [2.05, 4.69) is 19.2 Å². The van der Waals surface area contributed by atoms with Crippen LogP contribution in [0.25, 0.3) is 0 Å². The molecule has 0 spiro atoms. The highest BCUT2D eigenvalue weighted by atomic mass is 32.2. The van der Waals surface area contributed by atoms with E-state index in [-0.39, 0.29) is 11.0 Å². The highest BCUT2D eigenvalue weighted by molar-refractivity contribution is 7.91. The molecule has 1 saturated carbocycles. The summed E-state index contributed by atoms with van der Waals surface area (Å²) < 4.78 is 24.9. The Kier molecular flexibility index (Phi) is 5.08. The largest absolute Gasteiger partial charge is 0.383 e. The molecule has 1 aromatic carbocycles. The molecular weight excluding hydrogens is 270 g/mol. The van der Waals surface area contributed by atoms with Crippen LogP contribution < -0.4 is 5.32 Å². The van der Waals surface area contributed by atoms with E-state index in [0.717, 1.165) is 36.9 Å². The van der Waals surface area contributed by atoms with Crippen LogP contribution in [0.1, 0.15) is 51.5 Å². The van der Waals surface area contributed by atoms with Gasteiger partial charge in [-0.2, -0.15) is 0 Å². The summed E-state index contributed by atoms with van der Waals surface area (Å²) in [5.74, 6) is 0.172. The lowest BCUT2D eigenvalue weighted by atomic mass is 10.0. The Labute approximate surface area is 122 Å². The predicted molar refractivity (Wildman–Crippen MR) is 84.7 cm³/mol. The van der Waals surface area contributed by atoms with E-state index >= 15 is 0 Å². The number of hydrogen-bond donors (Lipinski definition) is 1. The second-order valence-electron chi connectivity index (χ2n) is 6.07. The number of sulfone groups is 1. The predicted octanol–water partition coefficient (Wildman–Crippen LogP) is 3.75. The van der Waals surface area contributed by atoms with Crippen molar-refractivity contribution in [2.75, 3.05) is 5.32 Å². The molecule has 0 unspecified atom stereocenters. The van der Waals surface area contributed by atoms with Gasteiger partial charge in [0.2, 0.25) is 0 Å². The first kappa shape index (κ1) is 15.4. The highest BCUT2D eigenvalue weighted by Crippen LogP contribution is 2.26. The Balaban J connectivity index is 2.08. The van der Waals surface area contributed by atoms with Crippen molar-refractivity contribution in [3.05, 3.63) is 29.8 Å². The first-order valence-electron chi connectivity index (χ1n) is 7.54. The zero-order valence-corrected chi connectivity index (χ0v) is 13.2. The Bertz CT molecular complexity index is 531. The maximum absolute atomic E-state index is 12.5. The third-order valence-corrected chi connectivity index (χ3v) is 6.03. The first-order valence-corrected chi connectivity index (χ1v) is 9.26. The Morgan fingerprint density at radius 3 is 2.55 bits per heavy atom. The smallest absolute Gasteiger partial charge is 0.157 e. The summed E-state index contributed by atoms with van der Waals surface area (Å²) in [6.45, 7) is 4.15. The van der Waals surface area contributed by atoms with E-state index in [0.29, 0.717) is 6.04 Å². The second-order valence-corrected chi connectivity index (χ2v) is 8.35. The molecule has 0 amide bonds. The maximum Gasteiger partial charge on any atom is 0.157 e. The zero-order valence-electron chi connectivity index (χ0n) is 12.4. The molecule has 20 heavy (non-hydrogen) atoms. The summed E-state index contributed by atoms with van der Waals surface area (Å²) >= 11 is 0. The summed E-state index contributed by atoms with van der Waals surface area (Å²) in [5, 5.41) is 3.19. The van der Waals surface area contributed by atoms with E-state index in [1.807, 2.05) is 24.3 Å². The molecule has 0 aliphatic heterocycles. The Hall–Kier alpha value is -1.03. The summed E-state index contributed by atoms with van der Waals surface area (Å²) in [6, 6.07) is 8.12. The van der Waals surface area contributed by atoms with Crippen molar-refractivity contribution in [2.45, 2.75) is 63.0 Å². The van der Waals surface area contributed by atoms with Gasteiger partial charge in [0.05, 0.1) is 11.0 Å². The van der Waals surface area contributed by atoms with E-state index < -0.39 is 9.84 Å². The lowest BCUT2D eigenvalue weighted by Crippen LogP contribution is -2.25. The first-order chi connectivity index (χ1) is 9.47. The molecule has 0 atom stereocenters. The van der Waals surface area contributed by atoms with E-state index in [4.69, 9.17) is 0 Å². The highest BCUT2D eigenvalue weighted by Gasteiger charge is 2.27. The maximum atomic E-state index is 12.5. The monoisotopic (exact) mass is 295 g/mol. The third-order valence-electron chi connectivity index (χ3n) is 3.81. The van der Waals surface area contributed by atoms with Crippen molar-refractivity contribution in [3.8, 4) is 0 Å². The molecule has 2 rings (SSSR count). The van der Waals surface area contributed by atoms with Gasteiger partial charge < -0.3 is 5.32 Å². The van der Waals surface area contributed by atoms with Crippen LogP contribution in [0.5, 0.6) is 0 Å². The van der Waals surface area contributed by atoms with Crippen LogP contribution >= 0.6 is 0 Å². The topological polar surface area (TPSA) is 46.2 Å². The van der Waals surface area contributed by atoms with E-state index in [9.17, 15) is 8.42 Å². The summed E-state index contributed by atoms with van der Waals surface area (Å²) in [7, 11) is -3.01. The van der Waals surface area contributed by atoms with Crippen molar-refractivity contribution in [1.29, 1.82) is 0 Å². The molecule has 1 fully saturated rings. The van der Waals surface area contributed by atoms with Crippen molar-refractivity contribution < 1.29 is 8.42 Å². The zero-order chi connectivity index (χ0) is 14.6. The van der Waals surface area contributed by atoms with Crippen molar-refractivity contribution in [2.24, 2.45) is 0 Å². The van der Waals surface area contributed by atoms with Crippen LogP contribution in [0.4, 0.5) is 5.69 Å². The van der Waals surface area contributed by atoms with Gasteiger partial charge in [-0.3, -0.25) is 0 Å². The van der Waals surface area contributed by atoms with Crippen LogP contribution in [0.2, 0.25) is 0 Å². The molecule has 3 nitrogen and oxygen atoms in total. The van der Waals surface area contributed by atoms with Gasteiger partial charge in [0.15, 0.2) is 9.84 Å². The lowest BCUT2D eigenvalue weighted by molar-refractivity contribution is 0.483. The summed E-state index contributed by atoms with van der Waals surface area (Å²) in [4.78, 5) is 0. The molecule has 0 heterocycles. The molecule has 1 N–H and O–H groups in total. The van der Waals surface area contributed by atoms with Crippen molar-refractivity contribution in [3.63, 3.8) is 0 Å². The molecule has 0 bridgehead atoms. The quantitative estimate of drug-likeness (QED) is 0.899. The molecule has 0 aromatic heterocycles. The molecule has 0 radical (unpaired) electrons. The number of benzene rings is 1. The van der Waals surface area contributed by atoms with Crippen LogP contribution in [0.3, 0.4) is 0 Å². The fraction of sp³-hybridized carbons (Fsp3) is 0.625. The number of hydrogen-bond acceptors (Lipinski definition) is 3. The van der Waals surface area contributed by atoms with Crippen LogP contribution in [0, 0.1) is 0 Å². The van der Waals surface area contributed by atoms with Crippen molar-refractivity contribution in [1.82, 2.24) is 0 Å². The minimum Gasteiger partial charge on any atom is -0.383 e. The number of nitrogens with one attached hydrogen (secondary N) is 1. The van der Waals surface area contributed by atoms with Gasteiger partial charge in [-0.05, 0) is 44.4 Å². The second kappa shape index (κ2) is 6.61. The van der Waals surface area contributed by atoms with Crippen LogP contribution in [0.15, 0.2) is 24.3 Å². The molecular formula is C16H25NO2S. The Morgan fingerprint density at radius 1 is 1.20 bits per heavy atom. The molecule has 0 saturated heterocycles. The normalized spacial score (nSPS) is 17.4. The van der Waals surface area contributed by atoms with Gasteiger partial charge in [0, 0.05) is 11.7 Å². The van der Waals surface area contributed by atoms with Gasteiger partial charge in [-0.15, -0.1) is 0 Å². The standard InChI is InChI=1S/C16H25NO2S/c1-13(2)17-15-8-6-7-14(11-15)12-20(18,19)16-9-4-3-5-10-16/h6-8,11,13,16-17H,3-5,9-10,12H2,1-2H3. The van der Waals surface area contributed by atoms with Gasteiger partial charge >= 0.3 is 0 Å². The van der Waals surface area contributed by atoms with Crippen LogP contribution in [-0.2, 0) is 15.6 Å². The molecule has 1 aliphatic rings. The van der Waals surface area contributed by atoms with E-state index in [1.165, 1.54) is 6.42 Å². The SMILES string of the molecule is CC(C)Nc1cccc(CS(=O)(=O)C2CCCCC2)c1. The van der Waals surface area contributed by atoms with E-state index in [1.54, 1.807) is 0 Å². The average molecular weight is 295 g/mol. The number of rotatable bonds is 5. The van der Waals surface area contributed by atoms with Gasteiger partial charge in [-0.25, -0.2) is 8.42 Å². The molecule has 1 aromatic rings. The summed E-state index contributed by atoms with van der Waals surface area (Å²) in [6.07, 6.45) is 4.97. The Morgan fingerprint density at radius 2 is 1.90 bits per heavy atom. The minimum atomic E-state index is -3.01. The molecule has 112 valence electrons. The fourth-order valence-corrected chi connectivity index (χ4v) is 4.79. The van der Waals surface area contributed by atoms with Crippen LogP contribution in [-0.4, -0.2) is 19.7 Å². The minimum absolute atomic E-state index is 0.127.